The van der Waals surface area contributed by atoms with Crippen LogP contribution in [0.15, 0.2) is 29.3 Å². The SMILES string of the molecule is CCNC(=NCC1CCN(S(=O)(=O)C(F)(F)F)CC1)N(C)Cc1ccc(C)cc1. The molecule has 1 aliphatic heterocycles. The van der Waals surface area contributed by atoms with Crippen LogP contribution in [0.2, 0.25) is 0 Å². The average molecular weight is 435 g/mol. The first-order chi connectivity index (χ1) is 13.5. The number of sulfonamides is 1. The summed E-state index contributed by atoms with van der Waals surface area (Å²) in [5, 5.41) is 3.23. The predicted octanol–water partition coefficient (Wildman–Crippen LogP) is 2.95. The van der Waals surface area contributed by atoms with E-state index in [1.165, 1.54) is 5.56 Å². The Morgan fingerprint density at radius 3 is 2.34 bits per heavy atom. The summed E-state index contributed by atoms with van der Waals surface area (Å²) in [4.78, 5) is 6.63. The van der Waals surface area contributed by atoms with Crippen LogP contribution in [0, 0.1) is 12.8 Å². The van der Waals surface area contributed by atoms with Crippen molar-refractivity contribution in [3.05, 3.63) is 35.4 Å². The Labute approximate surface area is 170 Å². The van der Waals surface area contributed by atoms with Crippen LogP contribution in [0.1, 0.15) is 30.9 Å². The fourth-order valence-corrected chi connectivity index (χ4v) is 4.19. The van der Waals surface area contributed by atoms with Crippen LogP contribution in [0.4, 0.5) is 13.2 Å². The number of hydrogen-bond acceptors (Lipinski definition) is 3. The summed E-state index contributed by atoms with van der Waals surface area (Å²) in [6.07, 6.45) is 0.722. The van der Waals surface area contributed by atoms with E-state index in [0.717, 1.165) is 11.5 Å². The summed E-state index contributed by atoms with van der Waals surface area (Å²) >= 11 is 0. The van der Waals surface area contributed by atoms with Crippen molar-refractivity contribution in [2.45, 2.75) is 38.7 Å². The Hall–Kier alpha value is -1.81. The number of aliphatic imine (C=N–C) groups is 1. The van der Waals surface area contributed by atoms with Gasteiger partial charge >= 0.3 is 15.5 Å². The van der Waals surface area contributed by atoms with E-state index in [-0.39, 0.29) is 19.0 Å². The zero-order valence-corrected chi connectivity index (χ0v) is 17.9. The Morgan fingerprint density at radius 1 is 1.24 bits per heavy atom. The molecule has 0 aromatic heterocycles. The first-order valence-electron chi connectivity index (χ1n) is 9.66. The molecule has 1 saturated heterocycles. The van der Waals surface area contributed by atoms with Crippen molar-refractivity contribution in [1.29, 1.82) is 0 Å². The normalized spacial score (nSPS) is 17.4. The maximum atomic E-state index is 12.7. The molecule has 0 spiro atoms. The van der Waals surface area contributed by atoms with Gasteiger partial charge in [-0.2, -0.15) is 17.5 Å². The topological polar surface area (TPSA) is 65.0 Å². The third kappa shape index (κ3) is 6.33. The predicted molar refractivity (Wildman–Crippen MR) is 108 cm³/mol. The van der Waals surface area contributed by atoms with Crippen LogP contribution in [0.3, 0.4) is 0 Å². The fraction of sp³-hybridized carbons (Fsp3) is 0.632. The standard InChI is InChI=1S/C19H29F3N4O2S/c1-4-23-18(25(3)14-17-7-5-15(2)6-8-17)24-13-16-9-11-26(12-10-16)29(27,28)19(20,21)22/h5-8,16H,4,9-14H2,1-3H3,(H,23,24). The highest BCUT2D eigenvalue weighted by molar-refractivity contribution is 7.90. The second-order valence-electron chi connectivity index (χ2n) is 7.33. The lowest BCUT2D eigenvalue weighted by atomic mass is 9.98. The summed E-state index contributed by atoms with van der Waals surface area (Å²) < 4.78 is 61.6. The molecule has 29 heavy (non-hydrogen) atoms. The molecular weight excluding hydrogens is 405 g/mol. The first-order valence-corrected chi connectivity index (χ1v) is 11.1. The molecular formula is C19H29F3N4O2S. The van der Waals surface area contributed by atoms with Gasteiger partial charge in [-0.05, 0) is 38.2 Å². The smallest absolute Gasteiger partial charge is 0.357 e. The molecule has 1 heterocycles. The molecule has 10 heteroatoms. The van der Waals surface area contributed by atoms with Crippen molar-refractivity contribution < 1.29 is 21.6 Å². The number of aryl methyl sites for hydroxylation is 1. The van der Waals surface area contributed by atoms with E-state index in [2.05, 4.69) is 34.6 Å². The molecule has 1 aromatic rings. The number of piperidine rings is 1. The second-order valence-corrected chi connectivity index (χ2v) is 9.26. The average Bonchev–Trinajstić information content (AvgIpc) is 2.66. The highest BCUT2D eigenvalue weighted by Gasteiger charge is 2.50. The molecule has 164 valence electrons. The van der Waals surface area contributed by atoms with Gasteiger partial charge in [-0.3, -0.25) is 4.99 Å². The lowest BCUT2D eigenvalue weighted by Gasteiger charge is -2.31. The van der Waals surface area contributed by atoms with Crippen molar-refractivity contribution in [3.8, 4) is 0 Å². The zero-order chi connectivity index (χ0) is 21.7. The molecule has 0 unspecified atom stereocenters. The number of alkyl halides is 3. The zero-order valence-electron chi connectivity index (χ0n) is 17.0. The van der Waals surface area contributed by atoms with Crippen LogP contribution >= 0.6 is 0 Å². The van der Waals surface area contributed by atoms with E-state index in [0.29, 0.717) is 36.8 Å². The minimum atomic E-state index is -5.24. The van der Waals surface area contributed by atoms with E-state index < -0.39 is 15.5 Å². The molecule has 2 rings (SSSR count). The molecule has 0 bridgehead atoms. The molecule has 0 aliphatic carbocycles. The van der Waals surface area contributed by atoms with Gasteiger partial charge in [0.25, 0.3) is 0 Å². The fourth-order valence-electron chi connectivity index (χ4n) is 3.21. The lowest BCUT2D eigenvalue weighted by molar-refractivity contribution is -0.0496. The van der Waals surface area contributed by atoms with Crippen molar-refractivity contribution in [1.82, 2.24) is 14.5 Å². The highest BCUT2D eigenvalue weighted by atomic mass is 32.2. The van der Waals surface area contributed by atoms with E-state index in [4.69, 9.17) is 0 Å². The van der Waals surface area contributed by atoms with Gasteiger partial charge in [0.05, 0.1) is 0 Å². The molecule has 6 nitrogen and oxygen atoms in total. The van der Waals surface area contributed by atoms with Gasteiger partial charge in [0.2, 0.25) is 0 Å². The number of nitrogens with one attached hydrogen (secondary N) is 1. The number of guanidine groups is 1. The van der Waals surface area contributed by atoms with Crippen molar-refractivity contribution >= 4 is 16.0 Å². The second kappa shape index (κ2) is 9.80. The maximum Gasteiger partial charge on any atom is 0.511 e. The Kier molecular flexibility index (Phi) is 7.93. The van der Waals surface area contributed by atoms with Crippen molar-refractivity contribution in [2.24, 2.45) is 10.9 Å². The van der Waals surface area contributed by atoms with Crippen LogP contribution in [-0.2, 0) is 16.6 Å². The number of nitrogens with zero attached hydrogens (tertiary/aromatic N) is 3. The van der Waals surface area contributed by atoms with Crippen LogP contribution in [0.25, 0.3) is 0 Å². The van der Waals surface area contributed by atoms with E-state index in [1.807, 2.05) is 25.8 Å². The van der Waals surface area contributed by atoms with Gasteiger partial charge in [0.15, 0.2) is 5.96 Å². The van der Waals surface area contributed by atoms with Crippen LogP contribution in [-0.4, -0.2) is 62.3 Å². The van der Waals surface area contributed by atoms with Gasteiger partial charge in [0, 0.05) is 39.8 Å². The highest BCUT2D eigenvalue weighted by Crippen LogP contribution is 2.30. The number of rotatable bonds is 6. The third-order valence-electron chi connectivity index (χ3n) is 4.94. The van der Waals surface area contributed by atoms with E-state index >= 15 is 0 Å². The molecule has 1 aliphatic rings. The van der Waals surface area contributed by atoms with Gasteiger partial charge in [0.1, 0.15) is 0 Å². The monoisotopic (exact) mass is 434 g/mol. The van der Waals surface area contributed by atoms with Crippen LogP contribution in [0.5, 0.6) is 0 Å². The van der Waals surface area contributed by atoms with E-state index in [1.54, 1.807) is 0 Å². The summed E-state index contributed by atoms with van der Waals surface area (Å²) in [5.41, 5.74) is -2.90. The number of halogens is 3. The quantitative estimate of drug-likeness (QED) is 0.552. The molecule has 1 fully saturated rings. The minimum Gasteiger partial charge on any atom is -0.357 e. The summed E-state index contributed by atoms with van der Waals surface area (Å²) in [7, 11) is -3.31. The van der Waals surface area contributed by atoms with E-state index in [9.17, 15) is 21.6 Å². The summed E-state index contributed by atoms with van der Waals surface area (Å²) in [6, 6.07) is 8.23. The van der Waals surface area contributed by atoms with Crippen molar-refractivity contribution in [3.63, 3.8) is 0 Å². The summed E-state index contributed by atoms with van der Waals surface area (Å²) in [5.74, 6) is 0.773. The summed E-state index contributed by atoms with van der Waals surface area (Å²) in [6.45, 7) is 5.56. The largest absolute Gasteiger partial charge is 0.511 e. The molecule has 0 saturated carbocycles. The number of hydrogen-bond donors (Lipinski definition) is 1. The first kappa shape index (κ1) is 23.5. The Morgan fingerprint density at radius 2 is 1.83 bits per heavy atom. The van der Waals surface area contributed by atoms with Gasteiger partial charge < -0.3 is 10.2 Å². The Balaban J connectivity index is 1.94. The molecule has 0 atom stereocenters. The molecule has 0 amide bonds. The van der Waals surface area contributed by atoms with Gasteiger partial charge in [-0.1, -0.05) is 29.8 Å². The van der Waals surface area contributed by atoms with Crippen molar-refractivity contribution in [2.75, 3.05) is 33.2 Å². The van der Waals surface area contributed by atoms with Gasteiger partial charge in [-0.25, -0.2) is 8.42 Å². The molecule has 1 aromatic carbocycles. The van der Waals surface area contributed by atoms with Gasteiger partial charge in [-0.15, -0.1) is 0 Å². The van der Waals surface area contributed by atoms with Crippen LogP contribution < -0.4 is 5.32 Å². The molecule has 1 N–H and O–H groups in total. The maximum absolute atomic E-state index is 12.7. The third-order valence-corrected chi connectivity index (χ3v) is 6.57. The molecule has 0 radical (unpaired) electrons. The number of benzene rings is 1. The minimum absolute atomic E-state index is 0.0520. The lowest BCUT2D eigenvalue weighted by Crippen LogP contribution is -2.45. The Bertz CT molecular complexity index is 787.